The average molecular weight is 423 g/mol. The number of rotatable bonds is 4. The quantitative estimate of drug-likeness (QED) is 0.531. The predicted octanol–water partition coefficient (Wildman–Crippen LogP) is 1.72. The normalized spacial score (nSPS) is 31.0. The van der Waals surface area contributed by atoms with Crippen molar-refractivity contribution >= 4 is 12.1 Å². The molecule has 0 aromatic carbocycles. The number of carbonyl (C=O) groups excluding carboxylic acids is 1. The van der Waals surface area contributed by atoms with Gasteiger partial charge in [0, 0.05) is 50.3 Å². The molecule has 3 atom stereocenters. The van der Waals surface area contributed by atoms with Gasteiger partial charge in [0.05, 0.1) is 6.54 Å². The first kappa shape index (κ1) is 23.1. The minimum Gasteiger partial charge on any atom is -0.444 e. The summed E-state index contributed by atoms with van der Waals surface area (Å²) in [4.78, 5) is 24.4. The number of aliphatic imine (C=N–C) groups is 1. The van der Waals surface area contributed by atoms with Gasteiger partial charge in [0.25, 0.3) is 0 Å². The first-order valence-corrected chi connectivity index (χ1v) is 11.6. The largest absolute Gasteiger partial charge is 0.444 e. The van der Waals surface area contributed by atoms with Crippen molar-refractivity contribution < 1.29 is 9.53 Å². The Kier molecular flexibility index (Phi) is 7.50. The molecule has 2 N–H and O–H groups in total. The number of hydrogen-bond donors (Lipinski definition) is 2. The number of fused-ring (bicyclic) bond motifs is 2. The summed E-state index contributed by atoms with van der Waals surface area (Å²) in [6, 6.07) is 1.31. The highest BCUT2D eigenvalue weighted by Crippen LogP contribution is 2.36. The van der Waals surface area contributed by atoms with Crippen LogP contribution in [0.1, 0.15) is 53.4 Å². The third kappa shape index (κ3) is 6.00. The lowest BCUT2D eigenvalue weighted by Gasteiger charge is -2.40. The summed E-state index contributed by atoms with van der Waals surface area (Å²) in [5.41, 5.74) is -0.448. The van der Waals surface area contributed by atoms with Crippen molar-refractivity contribution in [1.29, 1.82) is 0 Å². The minimum atomic E-state index is -0.448. The van der Waals surface area contributed by atoms with Crippen LogP contribution in [0.2, 0.25) is 0 Å². The molecule has 0 aromatic heterocycles. The van der Waals surface area contributed by atoms with Crippen LogP contribution in [0, 0.1) is 0 Å². The van der Waals surface area contributed by atoms with E-state index in [1.807, 2.05) is 25.7 Å². The van der Waals surface area contributed by atoms with Crippen molar-refractivity contribution in [1.82, 2.24) is 25.3 Å². The Balaban J connectivity index is 1.57. The summed E-state index contributed by atoms with van der Waals surface area (Å²) in [6.07, 6.45) is 3.88. The topological polar surface area (TPSA) is 72.4 Å². The third-order valence-corrected chi connectivity index (χ3v) is 6.46. The molecule has 0 spiro atoms. The van der Waals surface area contributed by atoms with E-state index in [0.717, 1.165) is 64.4 Å². The van der Waals surface area contributed by atoms with Crippen LogP contribution in [0.4, 0.5) is 4.79 Å². The number of likely N-dealkylation sites (N-methyl/N-ethyl adjacent to an activating group) is 2. The molecule has 30 heavy (non-hydrogen) atoms. The molecule has 8 nitrogen and oxygen atoms in total. The molecule has 0 saturated carbocycles. The van der Waals surface area contributed by atoms with Crippen LogP contribution in [0.3, 0.4) is 0 Å². The SMILES string of the molecule is CCNC(=NCC1CN(C)CCN1C)NC1CC2CCC(C1)N2C(=O)OC(C)(C)C. The molecule has 0 radical (unpaired) electrons. The molecule has 3 heterocycles. The van der Waals surface area contributed by atoms with Crippen LogP contribution in [0.5, 0.6) is 0 Å². The number of hydrogen-bond acceptors (Lipinski definition) is 5. The van der Waals surface area contributed by atoms with E-state index in [9.17, 15) is 4.79 Å². The summed E-state index contributed by atoms with van der Waals surface area (Å²) in [5, 5.41) is 7.07. The van der Waals surface area contributed by atoms with E-state index in [0.29, 0.717) is 12.1 Å². The zero-order chi connectivity index (χ0) is 21.9. The van der Waals surface area contributed by atoms with E-state index in [-0.39, 0.29) is 18.2 Å². The highest BCUT2D eigenvalue weighted by molar-refractivity contribution is 5.80. The molecule has 8 heteroatoms. The van der Waals surface area contributed by atoms with Crippen LogP contribution in [-0.2, 0) is 4.74 Å². The highest BCUT2D eigenvalue weighted by atomic mass is 16.6. The zero-order valence-corrected chi connectivity index (χ0v) is 19.8. The molecule has 3 aliphatic heterocycles. The summed E-state index contributed by atoms with van der Waals surface area (Å²) in [6.45, 7) is 12.8. The second-order valence-electron chi connectivity index (χ2n) is 10.2. The van der Waals surface area contributed by atoms with Gasteiger partial charge in [-0.15, -0.1) is 0 Å². The number of carbonyl (C=O) groups is 1. The number of guanidine groups is 1. The molecule has 0 aliphatic carbocycles. The summed E-state index contributed by atoms with van der Waals surface area (Å²) < 4.78 is 5.66. The Morgan fingerprint density at radius 3 is 2.40 bits per heavy atom. The van der Waals surface area contributed by atoms with Gasteiger partial charge >= 0.3 is 6.09 Å². The van der Waals surface area contributed by atoms with E-state index in [4.69, 9.17) is 9.73 Å². The molecule has 3 saturated heterocycles. The van der Waals surface area contributed by atoms with Gasteiger partial charge in [0.2, 0.25) is 0 Å². The van der Waals surface area contributed by atoms with E-state index in [1.54, 1.807) is 0 Å². The van der Waals surface area contributed by atoms with Gasteiger partial charge in [-0.05, 0) is 67.5 Å². The summed E-state index contributed by atoms with van der Waals surface area (Å²) in [7, 11) is 4.37. The molecule has 172 valence electrons. The van der Waals surface area contributed by atoms with Crippen LogP contribution < -0.4 is 10.6 Å². The molecular weight excluding hydrogens is 380 g/mol. The Bertz CT molecular complexity index is 605. The van der Waals surface area contributed by atoms with Gasteiger partial charge in [0.15, 0.2) is 5.96 Å². The van der Waals surface area contributed by atoms with Gasteiger partial charge in [-0.2, -0.15) is 0 Å². The van der Waals surface area contributed by atoms with Gasteiger partial charge in [-0.1, -0.05) is 0 Å². The number of nitrogens with zero attached hydrogens (tertiary/aromatic N) is 4. The predicted molar refractivity (Wildman–Crippen MR) is 121 cm³/mol. The monoisotopic (exact) mass is 422 g/mol. The Morgan fingerprint density at radius 2 is 1.80 bits per heavy atom. The molecular formula is C22H42N6O2. The van der Waals surface area contributed by atoms with Crippen molar-refractivity contribution in [3.05, 3.63) is 0 Å². The second-order valence-corrected chi connectivity index (χ2v) is 10.2. The zero-order valence-electron chi connectivity index (χ0n) is 19.8. The molecule has 3 unspecified atom stereocenters. The Hall–Kier alpha value is -1.54. The first-order chi connectivity index (χ1) is 14.2. The number of piperidine rings is 1. The molecule has 2 bridgehead atoms. The van der Waals surface area contributed by atoms with Crippen molar-refractivity contribution in [3.63, 3.8) is 0 Å². The lowest BCUT2D eigenvalue weighted by atomic mass is 9.98. The van der Waals surface area contributed by atoms with Crippen LogP contribution in [-0.4, -0.2) is 103 Å². The molecule has 0 aromatic rings. The van der Waals surface area contributed by atoms with Crippen LogP contribution in [0.15, 0.2) is 4.99 Å². The lowest BCUT2D eigenvalue weighted by molar-refractivity contribution is 0.00545. The number of nitrogens with one attached hydrogen (secondary N) is 2. The van der Waals surface area contributed by atoms with Crippen LogP contribution in [0.25, 0.3) is 0 Å². The smallest absolute Gasteiger partial charge is 0.410 e. The van der Waals surface area contributed by atoms with Crippen molar-refractivity contribution in [2.75, 3.05) is 46.8 Å². The fraction of sp³-hybridized carbons (Fsp3) is 0.909. The van der Waals surface area contributed by atoms with E-state index >= 15 is 0 Å². The third-order valence-electron chi connectivity index (χ3n) is 6.46. The molecule has 3 aliphatic rings. The lowest BCUT2D eigenvalue weighted by Crippen LogP contribution is -2.55. The van der Waals surface area contributed by atoms with Crippen molar-refractivity contribution in [2.45, 2.75) is 83.1 Å². The molecule has 3 fully saturated rings. The van der Waals surface area contributed by atoms with E-state index < -0.39 is 5.60 Å². The number of piperazine rings is 1. The van der Waals surface area contributed by atoms with Crippen molar-refractivity contribution in [2.24, 2.45) is 4.99 Å². The average Bonchev–Trinajstić information content (AvgIpc) is 2.92. The van der Waals surface area contributed by atoms with Crippen LogP contribution >= 0.6 is 0 Å². The standard InChI is InChI=1S/C22H42N6O2/c1-7-23-20(24-14-19-15-26(5)10-11-27(19)6)25-16-12-17-8-9-18(13-16)28(17)21(29)30-22(2,3)4/h16-19H,7-15H2,1-6H3,(H2,23,24,25). The fourth-order valence-electron chi connectivity index (χ4n) is 4.92. The second kappa shape index (κ2) is 9.73. The first-order valence-electron chi connectivity index (χ1n) is 11.6. The van der Waals surface area contributed by atoms with Gasteiger partial charge in [-0.25, -0.2) is 4.79 Å². The Labute approximate surface area is 182 Å². The maximum Gasteiger partial charge on any atom is 0.410 e. The minimum absolute atomic E-state index is 0.154. The highest BCUT2D eigenvalue weighted by Gasteiger charge is 2.45. The van der Waals surface area contributed by atoms with Gasteiger partial charge < -0.3 is 25.2 Å². The maximum atomic E-state index is 12.7. The van der Waals surface area contributed by atoms with E-state index in [1.165, 1.54) is 0 Å². The summed E-state index contributed by atoms with van der Waals surface area (Å²) >= 11 is 0. The maximum absolute atomic E-state index is 12.7. The number of ether oxygens (including phenoxy) is 1. The molecule has 1 amide bonds. The summed E-state index contributed by atoms with van der Waals surface area (Å²) in [5.74, 6) is 0.897. The fourth-order valence-corrected chi connectivity index (χ4v) is 4.92. The van der Waals surface area contributed by atoms with Crippen molar-refractivity contribution in [3.8, 4) is 0 Å². The van der Waals surface area contributed by atoms with Gasteiger partial charge in [0.1, 0.15) is 5.60 Å². The Morgan fingerprint density at radius 1 is 1.13 bits per heavy atom. The number of amides is 1. The van der Waals surface area contributed by atoms with E-state index in [2.05, 4.69) is 41.5 Å². The molecule has 3 rings (SSSR count). The van der Waals surface area contributed by atoms with Gasteiger partial charge in [-0.3, -0.25) is 9.89 Å².